The molecule has 1 atom stereocenters. The molecule has 2 N–H and O–H groups in total. The highest BCUT2D eigenvalue weighted by Crippen LogP contribution is 2.21. The van der Waals surface area contributed by atoms with E-state index in [0.717, 1.165) is 12.1 Å². The SMILES string of the molecule is CN(CCCNC1CCNC1)C1CCCCC1. The summed E-state index contributed by atoms with van der Waals surface area (Å²) in [5.74, 6) is 0. The first-order chi connectivity index (χ1) is 8.36. The molecule has 0 aromatic heterocycles. The van der Waals surface area contributed by atoms with Crippen molar-refractivity contribution in [1.29, 1.82) is 0 Å². The average molecular weight is 239 g/mol. The van der Waals surface area contributed by atoms with E-state index < -0.39 is 0 Å². The van der Waals surface area contributed by atoms with Crippen LogP contribution in [-0.2, 0) is 0 Å². The van der Waals surface area contributed by atoms with Crippen LogP contribution in [0.15, 0.2) is 0 Å². The Morgan fingerprint density at radius 1 is 1.18 bits per heavy atom. The van der Waals surface area contributed by atoms with Crippen LogP contribution in [0, 0.1) is 0 Å². The molecule has 3 nitrogen and oxygen atoms in total. The van der Waals surface area contributed by atoms with E-state index >= 15 is 0 Å². The summed E-state index contributed by atoms with van der Waals surface area (Å²) in [5, 5.41) is 7.05. The fourth-order valence-electron chi connectivity index (χ4n) is 3.17. The van der Waals surface area contributed by atoms with Gasteiger partial charge in [-0.05, 0) is 52.4 Å². The molecule has 1 saturated carbocycles. The van der Waals surface area contributed by atoms with Gasteiger partial charge in [-0.3, -0.25) is 0 Å². The van der Waals surface area contributed by atoms with E-state index in [2.05, 4.69) is 22.6 Å². The standard InChI is InChI=1S/C14H29N3/c1-17(14-6-3-2-4-7-14)11-5-9-16-13-8-10-15-12-13/h13-16H,2-12H2,1H3. The average Bonchev–Trinajstić information content (AvgIpc) is 2.88. The number of rotatable bonds is 6. The Labute approximate surface area is 106 Å². The highest BCUT2D eigenvalue weighted by molar-refractivity contribution is 4.78. The molecule has 1 heterocycles. The molecule has 1 unspecified atom stereocenters. The van der Waals surface area contributed by atoms with Crippen LogP contribution in [0.5, 0.6) is 0 Å². The first kappa shape index (κ1) is 13.3. The molecule has 0 bridgehead atoms. The van der Waals surface area contributed by atoms with Gasteiger partial charge < -0.3 is 15.5 Å². The van der Waals surface area contributed by atoms with E-state index in [9.17, 15) is 0 Å². The molecule has 0 aromatic carbocycles. The third-order valence-corrected chi connectivity index (χ3v) is 4.38. The summed E-state index contributed by atoms with van der Waals surface area (Å²) in [7, 11) is 2.31. The minimum atomic E-state index is 0.731. The summed E-state index contributed by atoms with van der Waals surface area (Å²) >= 11 is 0. The largest absolute Gasteiger partial charge is 0.315 e. The monoisotopic (exact) mass is 239 g/mol. The third-order valence-electron chi connectivity index (χ3n) is 4.38. The molecule has 2 aliphatic rings. The smallest absolute Gasteiger partial charge is 0.0204 e. The normalized spacial score (nSPS) is 26.8. The summed E-state index contributed by atoms with van der Waals surface area (Å²) in [5.41, 5.74) is 0. The van der Waals surface area contributed by atoms with Crippen molar-refractivity contribution in [2.75, 3.05) is 33.2 Å². The third kappa shape index (κ3) is 4.57. The van der Waals surface area contributed by atoms with Gasteiger partial charge in [0.05, 0.1) is 0 Å². The van der Waals surface area contributed by atoms with Crippen LogP contribution < -0.4 is 10.6 Å². The Morgan fingerprint density at radius 3 is 2.71 bits per heavy atom. The lowest BCUT2D eigenvalue weighted by molar-refractivity contribution is 0.189. The molecule has 0 radical (unpaired) electrons. The molecule has 0 amide bonds. The van der Waals surface area contributed by atoms with Crippen LogP contribution in [0.2, 0.25) is 0 Å². The van der Waals surface area contributed by atoms with Crippen LogP contribution in [0.25, 0.3) is 0 Å². The molecule has 17 heavy (non-hydrogen) atoms. The Hall–Kier alpha value is -0.120. The topological polar surface area (TPSA) is 27.3 Å². The van der Waals surface area contributed by atoms with Crippen LogP contribution >= 0.6 is 0 Å². The minimum Gasteiger partial charge on any atom is -0.315 e. The molecule has 2 fully saturated rings. The van der Waals surface area contributed by atoms with Crippen LogP contribution in [0.4, 0.5) is 0 Å². The van der Waals surface area contributed by atoms with Crippen molar-refractivity contribution in [3.63, 3.8) is 0 Å². The predicted molar refractivity (Wildman–Crippen MR) is 73.4 cm³/mol. The zero-order chi connectivity index (χ0) is 11.9. The van der Waals surface area contributed by atoms with Gasteiger partial charge in [0.2, 0.25) is 0 Å². The molecular formula is C14H29N3. The lowest BCUT2D eigenvalue weighted by atomic mass is 9.94. The van der Waals surface area contributed by atoms with Crippen LogP contribution in [-0.4, -0.2) is 50.2 Å². The lowest BCUT2D eigenvalue weighted by Gasteiger charge is -2.31. The summed E-state index contributed by atoms with van der Waals surface area (Å²) in [4.78, 5) is 2.59. The van der Waals surface area contributed by atoms with E-state index in [-0.39, 0.29) is 0 Å². The molecule has 0 spiro atoms. The van der Waals surface area contributed by atoms with E-state index in [1.807, 2.05) is 0 Å². The minimum absolute atomic E-state index is 0.731. The number of nitrogens with zero attached hydrogens (tertiary/aromatic N) is 1. The summed E-state index contributed by atoms with van der Waals surface area (Å²) in [6.07, 6.45) is 9.80. The Balaban J connectivity index is 1.51. The van der Waals surface area contributed by atoms with E-state index in [0.29, 0.717) is 0 Å². The van der Waals surface area contributed by atoms with Crippen LogP contribution in [0.3, 0.4) is 0 Å². The Kier molecular flexibility index (Phi) is 5.75. The van der Waals surface area contributed by atoms with E-state index in [1.165, 1.54) is 71.1 Å². The molecule has 100 valence electrons. The first-order valence-electron chi connectivity index (χ1n) is 7.50. The molecule has 1 aliphatic carbocycles. The molecular weight excluding hydrogens is 210 g/mol. The van der Waals surface area contributed by atoms with Gasteiger partial charge in [0, 0.05) is 18.6 Å². The Bertz CT molecular complexity index is 196. The van der Waals surface area contributed by atoms with Gasteiger partial charge in [-0.25, -0.2) is 0 Å². The van der Waals surface area contributed by atoms with Crippen molar-refractivity contribution in [3.05, 3.63) is 0 Å². The zero-order valence-electron chi connectivity index (χ0n) is 11.4. The van der Waals surface area contributed by atoms with Gasteiger partial charge in [-0.15, -0.1) is 0 Å². The summed E-state index contributed by atoms with van der Waals surface area (Å²) in [6, 6.07) is 1.60. The van der Waals surface area contributed by atoms with E-state index in [4.69, 9.17) is 0 Å². The Morgan fingerprint density at radius 2 is 2.00 bits per heavy atom. The van der Waals surface area contributed by atoms with Crippen molar-refractivity contribution >= 4 is 0 Å². The molecule has 2 rings (SSSR count). The van der Waals surface area contributed by atoms with Crippen molar-refractivity contribution in [1.82, 2.24) is 15.5 Å². The number of nitrogens with one attached hydrogen (secondary N) is 2. The summed E-state index contributed by atoms with van der Waals surface area (Å²) in [6.45, 7) is 4.80. The second-order valence-corrected chi connectivity index (χ2v) is 5.77. The summed E-state index contributed by atoms with van der Waals surface area (Å²) < 4.78 is 0. The van der Waals surface area contributed by atoms with Gasteiger partial charge in [-0.1, -0.05) is 19.3 Å². The number of hydrogen-bond acceptors (Lipinski definition) is 3. The second-order valence-electron chi connectivity index (χ2n) is 5.77. The molecule has 1 saturated heterocycles. The van der Waals surface area contributed by atoms with Gasteiger partial charge in [0.1, 0.15) is 0 Å². The lowest BCUT2D eigenvalue weighted by Crippen LogP contribution is -2.37. The maximum absolute atomic E-state index is 3.65. The van der Waals surface area contributed by atoms with Gasteiger partial charge in [-0.2, -0.15) is 0 Å². The van der Waals surface area contributed by atoms with Crippen molar-refractivity contribution in [2.45, 2.75) is 57.0 Å². The molecule has 3 heteroatoms. The first-order valence-corrected chi connectivity index (χ1v) is 7.50. The predicted octanol–water partition coefficient (Wildman–Crippen LogP) is 1.59. The maximum atomic E-state index is 3.65. The van der Waals surface area contributed by atoms with Crippen molar-refractivity contribution in [3.8, 4) is 0 Å². The fourth-order valence-corrected chi connectivity index (χ4v) is 3.17. The molecule has 0 aromatic rings. The highest BCUT2D eigenvalue weighted by Gasteiger charge is 2.17. The van der Waals surface area contributed by atoms with Gasteiger partial charge in [0.25, 0.3) is 0 Å². The second kappa shape index (κ2) is 7.34. The maximum Gasteiger partial charge on any atom is 0.0204 e. The van der Waals surface area contributed by atoms with Gasteiger partial charge >= 0.3 is 0 Å². The van der Waals surface area contributed by atoms with Gasteiger partial charge in [0.15, 0.2) is 0 Å². The number of hydrogen-bond donors (Lipinski definition) is 2. The van der Waals surface area contributed by atoms with E-state index in [1.54, 1.807) is 0 Å². The zero-order valence-corrected chi connectivity index (χ0v) is 11.4. The van der Waals surface area contributed by atoms with Crippen molar-refractivity contribution in [2.24, 2.45) is 0 Å². The fraction of sp³-hybridized carbons (Fsp3) is 1.00. The molecule has 1 aliphatic heterocycles. The highest BCUT2D eigenvalue weighted by atomic mass is 15.1. The van der Waals surface area contributed by atoms with Crippen molar-refractivity contribution < 1.29 is 0 Å². The quantitative estimate of drug-likeness (QED) is 0.689. The van der Waals surface area contributed by atoms with Crippen LogP contribution in [0.1, 0.15) is 44.9 Å².